The van der Waals surface area contributed by atoms with Crippen LogP contribution in [0.25, 0.3) is 0 Å². The zero-order chi connectivity index (χ0) is 16.4. The number of carbonyl (C=O) groups excluding carboxylic acids is 1. The van der Waals surface area contributed by atoms with Gasteiger partial charge < -0.3 is 5.11 Å². The third kappa shape index (κ3) is 2.00. The fourth-order valence-corrected chi connectivity index (χ4v) is 6.90. The minimum absolute atomic E-state index is 0.0155. The summed E-state index contributed by atoms with van der Waals surface area (Å²) in [6.45, 7) is 7.04. The van der Waals surface area contributed by atoms with Gasteiger partial charge in [-0.3, -0.25) is 4.79 Å². The van der Waals surface area contributed by atoms with Crippen molar-refractivity contribution in [3.05, 3.63) is 23.8 Å². The highest BCUT2D eigenvalue weighted by molar-refractivity contribution is 5.92. The van der Waals surface area contributed by atoms with Gasteiger partial charge in [-0.25, -0.2) is 0 Å². The van der Waals surface area contributed by atoms with Crippen molar-refractivity contribution in [1.29, 1.82) is 0 Å². The number of allylic oxidation sites excluding steroid dienone is 4. The summed E-state index contributed by atoms with van der Waals surface area (Å²) in [4.78, 5) is 11.8. The summed E-state index contributed by atoms with van der Waals surface area (Å²) in [5.41, 5.74) is 1.45. The van der Waals surface area contributed by atoms with Gasteiger partial charge in [-0.1, -0.05) is 39.3 Å². The Kier molecular flexibility index (Phi) is 3.43. The molecule has 23 heavy (non-hydrogen) atoms. The molecule has 0 aromatic heterocycles. The number of carbonyl (C=O) groups is 1. The van der Waals surface area contributed by atoms with E-state index in [-0.39, 0.29) is 17.3 Å². The van der Waals surface area contributed by atoms with Crippen molar-refractivity contribution in [3.63, 3.8) is 0 Å². The maximum absolute atomic E-state index is 11.8. The lowest BCUT2D eigenvalue weighted by Gasteiger charge is -2.58. The van der Waals surface area contributed by atoms with Crippen LogP contribution in [-0.2, 0) is 4.79 Å². The minimum atomic E-state index is -0.236. The summed E-state index contributed by atoms with van der Waals surface area (Å²) in [5, 5.41) is 11.2. The Morgan fingerprint density at radius 3 is 2.83 bits per heavy atom. The third-order valence-corrected chi connectivity index (χ3v) is 8.14. The maximum Gasteiger partial charge on any atom is 0.156 e. The number of hydrogen-bond acceptors (Lipinski definition) is 2. The number of fused-ring (bicyclic) bond motifs is 5. The summed E-state index contributed by atoms with van der Waals surface area (Å²) in [6, 6.07) is 0. The topological polar surface area (TPSA) is 37.3 Å². The molecule has 0 aliphatic heterocycles. The molecule has 0 saturated heterocycles. The Labute approximate surface area is 140 Å². The van der Waals surface area contributed by atoms with Crippen molar-refractivity contribution in [1.82, 2.24) is 0 Å². The van der Waals surface area contributed by atoms with Crippen molar-refractivity contribution >= 4 is 5.78 Å². The summed E-state index contributed by atoms with van der Waals surface area (Å²) in [7, 11) is 0. The lowest BCUT2D eigenvalue weighted by Crippen LogP contribution is -2.55. The first kappa shape index (κ1) is 15.6. The zero-order valence-electron chi connectivity index (χ0n) is 14.7. The molecule has 2 fully saturated rings. The molecule has 0 unspecified atom stereocenters. The second-order valence-electron chi connectivity index (χ2n) is 9.01. The van der Waals surface area contributed by atoms with Crippen molar-refractivity contribution in [2.24, 2.45) is 34.5 Å². The molecule has 0 amide bonds. The number of hydrogen-bond donors (Lipinski definition) is 1. The highest BCUT2D eigenvalue weighted by Crippen LogP contribution is 2.65. The van der Waals surface area contributed by atoms with Gasteiger partial charge in [0, 0.05) is 12.3 Å². The molecule has 2 heteroatoms. The van der Waals surface area contributed by atoms with Gasteiger partial charge in [0.05, 0.1) is 6.10 Å². The summed E-state index contributed by atoms with van der Waals surface area (Å²) in [5.74, 6) is 2.49. The summed E-state index contributed by atoms with van der Waals surface area (Å²) in [6.07, 6.45) is 12.5. The first-order chi connectivity index (χ1) is 10.9. The average molecular weight is 314 g/mol. The molecule has 0 bridgehead atoms. The largest absolute Gasteiger partial charge is 0.393 e. The van der Waals surface area contributed by atoms with E-state index < -0.39 is 0 Å². The number of ketones is 1. The van der Waals surface area contributed by atoms with Crippen molar-refractivity contribution < 1.29 is 9.90 Å². The van der Waals surface area contributed by atoms with Crippen LogP contribution in [0.15, 0.2) is 23.8 Å². The molecule has 0 spiro atoms. The van der Waals surface area contributed by atoms with Crippen molar-refractivity contribution in [3.8, 4) is 0 Å². The van der Waals surface area contributed by atoms with Gasteiger partial charge in [0.25, 0.3) is 0 Å². The van der Waals surface area contributed by atoms with E-state index in [1.807, 2.05) is 6.08 Å². The predicted octanol–water partition coefficient (Wildman–Crippen LogP) is 4.29. The monoisotopic (exact) mass is 314 g/mol. The number of aliphatic hydroxyl groups is 1. The van der Waals surface area contributed by atoms with Gasteiger partial charge in [-0.15, -0.1) is 0 Å². The van der Waals surface area contributed by atoms with E-state index in [1.54, 1.807) is 0 Å². The van der Waals surface area contributed by atoms with Crippen molar-refractivity contribution in [2.75, 3.05) is 0 Å². The molecule has 4 rings (SSSR count). The second kappa shape index (κ2) is 5.05. The summed E-state index contributed by atoms with van der Waals surface area (Å²) < 4.78 is 0. The van der Waals surface area contributed by atoms with Crippen LogP contribution in [-0.4, -0.2) is 17.0 Å². The van der Waals surface area contributed by atoms with Gasteiger partial charge in [-0.2, -0.15) is 0 Å². The molecule has 4 aliphatic rings. The lowest BCUT2D eigenvalue weighted by molar-refractivity contribution is -0.121. The van der Waals surface area contributed by atoms with Gasteiger partial charge in [0.2, 0.25) is 0 Å². The number of rotatable bonds is 1. The van der Waals surface area contributed by atoms with E-state index in [4.69, 9.17) is 0 Å². The lowest BCUT2D eigenvalue weighted by atomic mass is 9.47. The molecule has 2 saturated carbocycles. The molecule has 126 valence electrons. The van der Waals surface area contributed by atoms with E-state index in [0.29, 0.717) is 29.6 Å². The normalized spacial score (nSPS) is 51.7. The predicted molar refractivity (Wildman–Crippen MR) is 91.8 cm³/mol. The third-order valence-electron chi connectivity index (χ3n) is 8.14. The molecular formula is C21H30O2. The molecular weight excluding hydrogens is 284 g/mol. The van der Waals surface area contributed by atoms with E-state index in [9.17, 15) is 9.90 Å². The van der Waals surface area contributed by atoms with E-state index in [1.165, 1.54) is 24.8 Å². The molecule has 0 aromatic carbocycles. The smallest absolute Gasteiger partial charge is 0.156 e. The van der Waals surface area contributed by atoms with E-state index in [0.717, 1.165) is 18.8 Å². The maximum atomic E-state index is 11.8. The first-order valence-electron chi connectivity index (χ1n) is 9.51. The van der Waals surface area contributed by atoms with Gasteiger partial charge in [0.15, 0.2) is 5.78 Å². The van der Waals surface area contributed by atoms with E-state index in [2.05, 4.69) is 32.9 Å². The molecule has 2 nitrogen and oxygen atoms in total. The SMILES string of the molecule is CC[C@H]1CC[C@H]2[C@@H]3C=CC4=CC(=O)CC[C@]4(C)[C@H]3[C@@H](O)C[C@]12C. The molecule has 7 atom stereocenters. The highest BCUT2D eigenvalue weighted by atomic mass is 16.3. The molecule has 0 radical (unpaired) electrons. The van der Waals surface area contributed by atoms with Crippen LogP contribution in [0.1, 0.15) is 59.3 Å². The van der Waals surface area contributed by atoms with Gasteiger partial charge in [-0.05, 0) is 65.9 Å². The van der Waals surface area contributed by atoms with Crippen LogP contribution >= 0.6 is 0 Å². The molecule has 0 heterocycles. The van der Waals surface area contributed by atoms with Crippen LogP contribution < -0.4 is 0 Å². The van der Waals surface area contributed by atoms with Crippen LogP contribution in [0.5, 0.6) is 0 Å². The molecule has 1 N–H and O–H groups in total. The van der Waals surface area contributed by atoms with Crippen LogP contribution in [0, 0.1) is 34.5 Å². The van der Waals surface area contributed by atoms with E-state index >= 15 is 0 Å². The van der Waals surface area contributed by atoms with Crippen LogP contribution in [0.2, 0.25) is 0 Å². The zero-order valence-corrected chi connectivity index (χ0v) is 14.7. The summed E-state index contributed by atoms with van der Waals surface area (Å²) >= 11 is 0. The van der Waals surface area contributed by atoms with Gasteiger partial charge in [0.1, 0.15) is 0 Å². The van der Waals surface area contributed by atoms with Gasteiger partial charge >= 0.3 is 0 Å². The Morgan fingerprint density at radius 1 is 1.30 bits per heavy atom. The molecule has 4 aliphatic carbocycles. The second-order valence-corrected chi connectivity index (χ2v) is 9.01. The Morgan fingerprint density at radius 2 is 2.09 bits per heavy atom. The molecule has 0 aromatic rings. The van der Waals surface area contributed by atoms with Crippen LogP contribution in [0.3, 0.4) is 0 Å². The minimum Gasteiger partial charge on any atom is -0.393 e. The fraction of sp³-hybridized carbons (Fsp3) is 0.762. The fourth-order valence-electron chi connectivity index (χ4n) is 6.90. The van der Waals surface area contributed by atoms with Crippen LogP contribution in [0.4, 0.5) is 0 Å². The Balaban J connectivity index is 1.77. The Hall–Kier alpha value is -0.890. The highest BCUT2D eigenvalue weighted by Gasteiger charge is 2.60. The Bertz CT molecular complexity index is 589. The number of aliphatic hydroxyl groups excluding tert-OH is 1. The first-order valence-corrected chi connectivity index (χ1v) is 9.51. The average Bonchev–Trinajstić information content (AvgIpc) is 2.83. The quantitative estimate of drug-likeness (QED) is 0.784. The standard InChI is InChI=1S/C21H30O2/c1-4-13-6-8-17-16-7-5-14-11-15(22)9-10-20(14,2)19(16)18(23)12-21(13,17)3/h5,7,11,13,16-19,23H,4,6,8-10,12H2,1-3H3/t13-,16-,17-,18-,19+,20-,21+/m0/s1. The van der Waals surface area contributed by atoms with Crippen molar-refractivity contribution in [2.45, 2.75) is 65.4 Å².